The fourth-order valence-corrected chi connectivity index (χ4v) is 2.58. The van der Waals surface area contributed by atoms with E-state index in [1.54, 1.807) is 24.4 Å². The van der Waals surface area contributed by atoms with E-state index in [2.05, 4.69) is 15.6 Å². The molecule has 3 rings (SSSR count). The van der Waals surface area contributed by atoms with Gasteiger partial charge < -0.3 is 25.8 Å². The van der Waals surface area contributed by atoms with Crippen LogP contribution in [0.3, 0.4) is 0 Å². The van der Waals surface area contributed by atoms with Crippen LogP contribution in [0.15, 0.2) is 48.7 Å². The van der Waals surface area contributed by atoms with Crippen LogP contribution in [0.2, 0.25) is 0 Å². The van der Waals surface area contributed by atoms with Gasteiger partial charge in [-0.3, -0.25) is 0 Å². The number of benzene rings is 2. The van der Waals surface area contributed by atoms with Crippen molar-refractivity contribution >= 4 is 22.9 Å². The minimum atomic E-state index is -0.827. The quantitative estimate of drug-likeness (QED) is 0.451. The predicted octanol–water partition coefficient (Wildman–Crippen LogP) is 5.34. The van der Waals surface area contributed by atoms with Crippen molar-refractivity contribution < 1.29 is 18.3 Å². The lowest BCUT2D eigenvalue weighted by atomic mass is 10.2. The van der Waals surface area contributed by atoms with E-state index < -0.39 is 11.6 Å². The van der Waals surface area contributed by atoms with E-state index in [9.17, 15) is 8.78 Å². The van der Waals surface area contributed by atoms with Gasteiger partial charge in [-0.1, -0.05) is 32.0 Å². The summed E-state index contributed by atoms with van der Waals surface area (Å²) in [6.45, 7) is 4.16. The van der Waals surface area contributed by atoms with Gasteiger partial charge in [0.05, 0.1) is 25.6 Å². The number of nitrogen functional groups attached to an aromatic ring is 1. The third-order valence-electron chi connectivity index (χ3n) is 4.09. The van der Waals surface area contributed by atoms with Crippen molar-refractivity contribution in [1.82, 2.24) is 4.98 Å². The van der Waals surface area contributed by atoms with Crippen molar-refractivity contribution in [2.45, 2.75) is 20.4 Å². The molecule has 0 spiro atoms. The molecule has 0 fully saturated rings. The molecule has 0 atom stereocenters. The highest BCUT2D eigenvalue weighted by Gasteiger charge is 2.19. The van der Waals surface area contributed by atoms with Crippen molar-refractivity contribution in [2.75, 3.05) is 30.6 Å². The molecule has 0 saturated carbocycles. The van der Waals surface area contributed by atoms with Gasteiger partial charge in [-0.15, -0.1) is 0 Å². The van der Waals surface area contributed by atoms with Gasteiger partial charge in [-0.2, -0.15) is 0 Å². The van der Waals surface area contributed by atoms with Crippen molar-refractivity contribution in [3.05, 3.63) is 65.9 Å². The molecule has 2 aromatic carbocycles. The Morgan fingerprint density at radius 1 is 0.967 bits per heavy atom. The summed E-state index contributed by atoms with van der Waals surface area (Å²) in [5, 5.41) is 5.85. The summed E-state index contributed by atoms with van der Waals surface area (Å²) in [5.41, 5.74) is 7.65. The van der Waals surface area contributed by atoms with Crippen LogP contribution in [-0.2, 0) is 6.54 Å². The van der Waals surface area contributed by atoms with E-state index in [0.717, 1.165) is 17.3 Å². The van der Waals surface area contributed by atoms with E-state index in [0.29, 0.717) is 11.5 Å². The fourth-order valence-electron chi connectivity index (χ4n) is 2.58. The number of halogens is 2. The molecule has 8 heteroatoms. The monoisotopic (exact) mass is 416 g/mol. The number of para-hydroxylation sites is 2. The van der Waals surface area contributed by atoms with Gasteiger partial charge in [0.1, 0.15) is 11.5 Å². The maximum Gasteiger partial charge on any atom is 0.191 e. The Morgan fingerprint density at radius 2 is 1.60 bits per heavy atom. The van der Waals surface area contributed by atoms with Crippen LogP contribution in [0.5, 0.6) is 11.5 Å². The minimum absolute atomic E-state index is 0.112. The van der Waals surface area contributed by atoms with Crippen molar-refractivity contribution in [3.63, 3.8) is 0 Å². The lowest BCUT2D eigenvalue weighted by Crippen LogP contribution is -2.07. The molecule has 0 radical (unpaired) electrons. The van der Waals surface area contributed by atoms with Gasteiger partial charge in [-0.05, 0) is 23.8 Å². The Labute approximate surface area is 175 Å². The fraction of sp³-hybridized carbons (Fsp3) is 0.227. The number of nitrogens with two attached hydrogens (primary N) is 1. The number of methoxy groups -OCH3 is 2. The second-order valence-corrected chi connectivity index (χ2v) is 5.90. The second-order valence-electron chi connectivity index (χ2n) is 5.90. The van der Waals surface area contributed by atoms with Crippen LogP contribution in [-0.4, -0.2) is 19.2 Å². The van der Waals surface area contributed by atoms with E-state index >= 15 is 0 Å². The number of pyridine rings is 1. The number of hydrogen-bond acceptors (Lipinski definition) is 6. The lowest BCUT2D eigenvalue weighted by molar-refractivity contribution is 0.360. The Bertz CT molecular complexity index is 938. The number of hydrogen-bond donors (Lipinski definition) is 3. The highest BCUT2D eigenvalue weighted by atomic mass is 19.1. The predicted molar refractivity (Wildman–Crippen MR) is 117 cm³/mol. The highest BCUT2D eigenvalue weighted by Crippen LogP contribution is 2.35. The topological polar surface area (TPSA) is 81.4 Å². The molecule has 0 aliphatic rings. The molecule has 3 aromatic rings. The number of nitrogens with one attached hydrogen (secondary N) is 2. The molecule has 6 nitrogen and oxygen atoms in total. The summed E-state index contributed by atoms with van der Waals surface area (Å²) in [7, 11) is 2.60. The van der Waals surface area contributed by atoms with Gasteiger partial charge in [0, 0.05) is 18.8 Å². The Balaban J connectivity index is 0.00000155. The molecule has 0 amide bonds. The first kappa shape index (κ1) is 22.7. The van der Waals surface area contributed by atoms with Crippen molar-refractivity contribution in [2.24, 2.45) is 0 Å². The maximum absolute atomic E-state index is 14.4. The van der Waals surface area contributed by atoms with Gasteiger partial charge in [0.25, 0.3) is 0 Å². The zero-order valence-corrected chi connectivity index (χ0v) is 17.4. The summed E-state index contributed by atoms with van der Waals surface area (Å²) >= 11 is 0. The molecule has 30 heavy (non-hydrogen) atoms. The zero-order valence-electron chi connectivity index (χ0n) is 17.4. The number of anilines is 4. The van der Waals surface area contributed by atoms with Crippen molar-refractivity contribution in [3.8, 4) is 11.5 Å². The average molecular weight is 416 g/mol. The van der Waals surface area contributed by atoms with Gasteiger partial charge in [0.15, 0.2) is 23.1 Å². The Kier molecular flexibility index (Phi) is 8.22. The van der Waals surface area contributed by atoms with Crippen LogP contribution < -0.4 is 25.8 Å². The van der Waals surface area contributed by atoms with Gasteiger partial charge >= 0.3 is 0 Å². The molecule has 0 aliphatic heterocycles. The van der Waals surface area contributed by atoms with Crippen molar-refractivity contribution in [1.29, 1.82) is 0 Å². The number of aromatic nitrogens is 1. The number of rotatable bonds is 7. The molecular formula is C22H26F2N4O2. The third kappa shape index (κ3) is 5.28. The van der Waals surface area contributed by atoms with Crippen LogP contribution in [0.25, 0.3) is 0 Å². The molecule has 0 unspecified atom stereocenters. The number of nitrogens with zero attached hydrogens (tertiary/aromatic N) is 1. The van der Waals surface area contributed by atoms with Gasteiger partial charge in [-0.25, -0.2) is 13.8 Å². The molecule has 0 bridgehead atoms. The molecule has 0 aliphatic carbocycles. The van der Waals surface area contributed by atoms with E-state index in [4.69, 9.17) is 15.2 Å². The SMILES string of the molecule is CC.COc1cc(OC)c(F)c(NCc2ccc(Nc3ccccc3N)nc2)c1F. The van der Waals surface area contributed by atoms with E-state index in [1.165, 1.54) is 14.2 Å². The minimum Gasteiger partial charge on any atom is -0.493 e. The summed E-state index contributed by atoms with van der Waals surface area (Å²) in [4.78, 5) is 4.30. The van der Waals surface area contributed by atoms with Crippen LogP contribution in [0.1, 0.15) is 19.4 Å². The smallest absolute Gasteiger partial charge is 0.191 e. The Morgan fingerprint density at radius 3 is 2.13 bits per heavy atom. The molecule has 0 saturated heterocycles. The van der Waals surface area contributed by atoms with Gasteiger partial charge in [0.2, 0.25) is 0 Å². The third-order valence-corrected chi connectivity index (χ3v) is 4.09. The van der Waals surface area contributed by atoms with Crippen LogP contribution in [0.4, 0.5) is 31.7 Å². The van der Waals surface area contributed by atoms with Crippen LogP contribution in [0, 0.1) is 11.6 Å². The molecule has 1 aromatic heterocycles. The average Bonchev–Trinajstić information content (AvgIpc) is 2.78. The zero-order chi connectivity index (χ0) is 22.1. The summed E-state index contributed by atoms with van der Waals surface area (Å²) < 4.78 is 38.6. The van der Waals surface area contributed by atoms with E-state index in [1.807, 2.05) is 32.0 Å². The largest absolute Gasteiger partial charge is 0.493 e. The normalized spacial score (nSPS) is 9.93. The molecule has 160 valence electrons. The molecule has 1 heterocycles. The Hall–Kier alpha value is -3.55. The first-order chi connectivity index (χ1) is 14.5. The first-order valence-electron chi connectivity index (χ1n) is 9.43. The first-order valence-corrected chi connectivity index (χ1v) is 9.43. The molecule has 4 N–H and O–H groups in total. The summed E-state index contributed by atoms with van der Waals surface area (Å²) in [6, 6.07) is 12.0. The lowest BCUT2D eigenvalue weighted by Gasteiger charge is -2.14. The summed E-state index contributed by atoms with van der Waals surface area (Å²) in [5.74, 6) is -1.28. The second kappa shape index (κ2) is 10.8. The van der Waals surface area contributed by atoms with E-state index in [-0.39, 0.29) is 23.7 Å². The molecular weight excluding hydrogens is 390 g/mol. The van der Waals surface area contributed by atoms with Crippen LogP contribution >= 0.6 is 0 Å². The maximum atomic E-state index is 14.4. The number of ether oxygens (including phenoxy) is 2. The summed E-state index contributed by atoms with van der Waals surface area (Å²) in [6.07, 6.45) is 1.60. The standard InChI is InChI=1S/C20H20F2N4O2.C2H6/c1-27-15-9-16(28-2)19(22)20(18(15)21)25-11-12-7-8-17(24-10-12)26-14-6-4-3-5-13(14)23;1-2/h3-10,25H,11,23H2,1-2H3,(H,24,26);1-2H3. The highest BCUT2D eigenvalue weighted by molar-refractivity contribution is 5.70.